The Morgan fingerprint density at radius 1 is 0.484 bits per heavy atom. The summed E-state index contributed by atoms with van der Waals surface area (Å²) in [7, 11) is 0. The molecule has 0 aromatic rings. The highest BCUT2D eigenvalue weighted by molar-refractivity contribution is 5.89. The van der Waals surface area contributed by atoms with Crippen LogP contribution in [0.5, 0.6) is 0 Å². The van der Waals surface area contributed by atoms with E-state index in [-0.39, 0.29) is 0 Å². The molecule has 0 amide bonds. The quantitative estimate of drug-likeness (QED) is 0.119. The second-order valence-electron chi connectivity index (χ2n) is 8.45. The van der Waals surface area contributed by atoms with E-state index in [1.54, 1.807) is 0 Å². The number of aliphatic hydroxyl groups excluding tert-OH is 1. The molecule has 31 heavy (non-hydrogen) atoms. The fourth-order valence-electron chi connectivity index (χ4n) is 3.51. The second kappa shape index (κ2) is 28.6. The zero-order chi connectivity index (χ0) is 23.4. The molecule has 0 rings (SSSR count). The molecule has 5 heteroatoms. The SMILES string of the molecule is CCCCCCCCCCCCCCCCCCCCCCO.O=C(O)/C=C\C(=O)O. The molecule has 0 aliphatic heterocycles. The normalized spacial score (nSPS) is 10.8. The summed E-state index contributed by atoms with van der Waals surface area (Å²) >= 11 is 0. The molecule has 0 aliphatic carbocycles. The van der Waals surface area contributed by atoms with Gasteiger partial charge in [0.2, 0.25) is 0 Å². The van der Waals surface area contributed by atoms with Crippen molar-refractivity contribution in [1.82, 2.24) is 0 Å². The lowest BCUT2D eigenvalue weighted by molar-refractivity contribution is -0.134. The van der Waals surface area contributed by atoms with Gasteiger partial charge in [-0.2, -0.15) is 0 Å². The van der Waals surface area contributed by atoms with Gasteiger partial charge < -0.3 is 15.3 Å². The number of carboxylic acids is 2. The third-order valence-electron chi connectivity index (χ3n) is 5.38. The maximum absolute atomic E-state index is 9.55. The van der Waals surface area contributed by atoms with Crippen LogP contribution in [0.15, 0.2) is 12.2 Å². The molecule has 0 aromatic heterocycles. The zero-order valence-electron chi connectivity index (χ0n) is 20.2. The van der Waals surface area contributed by atoms with Crippen molar-refractivity contribution < 1.29 is 24.9 Å². The first-order valence-electron chi connectivity index (χ1n) is 12.8. The monoisotopic (exact) mass is 442 g/mol. The first kappa shape index (κ1) is 31.8. The number of rotatable bonds is 22. The molecule has 0 bridgehead atoms. The van der Waals surface area contributed by atoms with E-state index in [4.69, 9.17) is 15.3 Å². The molecule has 0 saturated carbocycles. The van der Waals surface area contributed by atoms with Crippen LogP contribution >= 0.6 is 0 Å². The Balaban J connectivity index is 0. The summed E-state index contributed by atoms with van der Waals surface area (Å²) in [4.78, 5) is 19.1. The van der Waals surface area contributed by atoms with Gasteiger partial charge in [-0.15, -0.1) is 0 Å². The Kier molecular flexibility index (Phi) is 29.4. The maximum Gasteiger partial charge on any atom is 0.328 e. The third kappa shape index (κ3) is 36.4. The van der Waals surface area contributed by atoms with Crippen LogP contribution < -0.4 is 0 Å². The van der Waals surface area contributed by atoms with Gasteiger partial charge in [0.25, 0.3) is 0 Å². The minimum atomic E-state index is -1.26. The van der Waals surface area contributed by atoms with Crippen molar-refractivity contribution in [2.75, 3.05) is 6.61 Å². The summed E-state index contributed by atoms with van der Waals surface area (Å²) in [6, 6.07) is 0. The van der Waals surface area contributed by atoms with E-state index in [1.807, 2.05) is 0 Å². The zero-order valence-corrected chi connectivity index (χ0v) is 20.2. The van der Waals surface area contributed by atoms with E-state index in [1.165, 1.54) is 122 Å². The van der Waals surface area contributed by atoms with Crippen LogP contribution in [0, 0.1) is 0 Å². The summed E-state index contributed by atoms with van der Waals surface area (Å²) in [6.45, 7) is 2.67. The summed E-state index contributed by atoms with van der Waals surface area (Å²) in [6.07, 6.45) is 29.2. The van der Waals surface area contributed by atoms with Gasteiger partial charge in [0.15, 0.2) is 0 Å². The number of hydrogen-bond donors (Lipinski definition) is 3. The minimum absolute atomic E-state index is 0.374. The van der Waals surface area contributed by atoms with Gasteiger partial charge in [0.05, 0.1) is 0 Å². The van der Waals surface area contributed by atoms with Crippen molar-refractivity contribution in [2.45, 2.75) is 135 Å². The number of carboxylic acid groups (broad SMARTS) is 2. The predicted octanol–water partition coefficient (Wildman–Crippen LogP) is 7.51. The van der Waals surface area contributed by atoms with E-state index in [2.05, 4.69) is 6.92 Å². The Labute approximate surface area is 191 Å². The van der Waals surface area contributed by atoms with E-state index >= 15 is 0 Å². The van der Waals surface area contributed by atoms with E-state index < -0.39 is 11.9 Å². The van der Waals surface area contributed by atoms with Gasteiger partial charge in [-0.25, -0.2) is 9.59 Å². The summed E-state index contributed by atoms with van der Waals surface area (Å²) < 4.78 is 0. The van der Waals surface area contributed by atoms with Crippen molar-refractivity contribution >= 4 is 11.9 Å². The first-order chi connectivity index (χ1) is 15.0. The van der Waals surface area contributed by atoms with Crippen LogP contribution in [0.4, 0.5) is 0 Å². The van der Waals surface area contributed by atoms with E-state index in [0.717, 1.165) is 6.42 Å². The average molecular weight is 443 g/mol. The molecule has 0 unspecified atom stereocenters. The van der Waals surface area contributed by atoms with Crippen LogP contribution in [0.2, 0.25) is 0 Å². The predicted molar refractivity (Wildman–Crippen MR) is 130 cm³/mol. The van der Waals surface area contributed by atoms with Crippen LogP contribution in [-0.2, 0) is 9.59 Å². The highest BCUT2D eigenvalue weighted by atomic mass is 16.4. The minimum Gasteiger partial charge on any atom is -0.478 e. The molecular formula is C26H50O5. The molecule has 0 spiro atoms. The van der Waals surface area contributed by atoms with Gasteiger partial charge in [-0.05, 0) is 6.42 Å². The first-order valence-corrected chi connectivity index (χ1v) is 12.8. The molecule has 5 nitrogen and oxygen atoms in total. The maximum atomic E-state index is 9.55. The smallest absolute Gasteiger partial charge is 0.328 e. The highest BCUT2D eigenvalue weighted by Crippen LogP contribution is 2.14. The lowest BCUT2D eigenvalue weighted by atomic mass is 10.0. The molecule has 0 saturated heterocycles. The lowest BCUT2D eigenvalue weighted by Gasteiger charge is -2.03. The average Bonchev–Trinajstić information content (AvgIpc) is 2.74. The third-order valence-corrected chi connectivity index (χ3v) is 5.38. The van der Waals surface area contributed by atoms with Crippen molar-refractivity contribution in [1.29, 1.82) is 0 Å². The van der Waals surface area contributed by atoms with E-state index in [9.17, 15) is 9.59 Å². The van der Waals surface area contributed by atoms with Crippen molar-refractivity contribution in [3.63, 3.8) is 0 Å². The van der Waals surface area contributed by atoms with Gasteiger partial charge in [-0.1, -0.05) is 129 Å². The molecule has 184 valence electrons. The van der Waals surface area contributed by atoms with Crippen molar-refractivity contribution in [3.8, 4) is 0 Å². The lowest BCUT2D eigenvalue weighted by Crippen LogP contribution is -1.91. The molecule has 0 heterocycles. The molecule has 0 fully saturated rings. The van der Waals surface area contributed by atoms with Gasteiger partial charge in [-0.3, -0.25) is 0 Å². The Morgan fingerprint density at radius 3 is 0.903 bits per heavy atom. The number of unbranched alkanes of at least 4 members (excludes halogenated alkanes) is 19. The van der Waals surface area contributed by atoms with Crippen LogP contribution in [-0.4, -0.2) is 33.9 Å². The largest absolute Gasteiger partial charge is 0.478 e. The number of hydrogen-bond acceptors (Lipinski definition) is 3. The summed E-state index contributed by atoms with van der Waals surface area (Å²) in [5.74, 6) is -2.51. The topological polar surface area (TPSA) is 94.8 Å². The number of carbonyl (C=O) groups is 2. The Bertz CT molecular complexity index is 371. The number of aliphatic hydroxyl groups is 1. The summed E-state index contributed by atoms with van der Waals surface area (Å²) in [5, 5.41) is 24.3. The summed E-state index contributed by atoms with van der Waals surface area (Å²) in [5.41, 5.74) is 0. The van der Waals surface area contributed by atoms with Gasteiger partial charge in [0, 0.05) is 18.8 Å². The highest BCUT2D eigenvalue weighted by Gasteiger charge is 1.95. The van der Waals surface area contributed by atoms with Crippen LogP contribution in [0.25, 0.3) is 0 Å². The molecule has 0 radical (unpaired) electrons. The molecule has 0 aliphatic rings. The standard InChI is InChI=1S/C22H46O.C4H4O4/c1-2-3-4-5-6-7-8-9-10-11-12-13-14-15-16-17-18-19-20-21-22-23;5-3(6)1-2-4(7)8/h23H,2-22H2,1H3;1-2H,(H,5,6)(H,7,8)/b;2-1-. The number of aliphatic carboxylic acids is 2. The van der Waals surface area contributed by atoms with Gasteiger partial charge in [0.1, 0.15) is 0 Å². The van der Waals surface area contributed by atoms with Crippen LogP contribution in [0.1, 0.15) is 135 Å². The Morgan fingerprint density at radius 2 is 0.710 bits per heavy atom. The molecule has 3 N–H and O–H groups in total. The van der Waals surface area contributed by atoms with Crippen LogP contribution in [0.3, 0.4) is 0 Å². The fourth-order valence-corrected chi connectivity index (χ4v) is 3.51. The van der Waals surface area contributed by atoms with Crippen molar-refractivity contribution in [3.05, 3.63) is 12.2 Å². The van der Waals surface area contributed by atoms with Crippen molar-refractivity contribution in [2.24, 2.45) is 0 Å². The molecule has 0 aromatic carbocycles. The Hall–Kier alpha value is -1.36. The fraction of sp³-hybridized carbons (Fsp3) is 0.846. The van der Waals surface area contributed by atoms with Gasteiger partial charge >= 0.3 is 11.9 Å². The molecular weight excluding hydrogens is 392 g/mol. The van der Waals surface area contributed by atoms with E-state index in [0.29, 0.717) is 18.8 Å². The second-order valence-corrected chi connectivity index (χ2v) is 8.45. The molecule has 0 atom stereocenters.